The SMILES string of the molecule is CCCCNC(=O)NC(=O)CN1CCC(CCN)CC1. The summed E-state index contributed by atoms with van der Waals surface area (Å²) in [4.78, 5) is 25.3. The highest BCUT2D eigenvalue weighted by Crippen LogP contribution is 2.19. The van der Waals surface area contributed by atoms with Crippen LogP contribution in [0.2, 0.25) is 0 Å². The van der Waals surface area contributed by atoms with Crippen LogP contribution in [0.15, 0.2) is 0 Å². The molecule has 1 saturated heterocycles. The van der Waals surface area contributed by atoms with E-state index < -0.39 is 0 Å². The van der Waals surface area contributed by atoms with Crippen molar-refractivity contribution in [3.8, 4) is 0 Å². The van der Waals surface area contributed by atoms with Gasteiger partial charge >= 0.3 is 6.03 Å². The minimum Gasteiger partial charge on any atom is -0.338 e. The van der Waals surface area contributed by atoms with E-state index in [0.717, 1.165) is 51.7 Å². The van der Waals surface area contributed by atoms with Gasteiger partial charge in [-0.25, -0.2) is 4.79 Å². The lowest BCUT2D eigenvalue weighted by Crippen LogP contribution is -2.46. The summed E-state index contributed by atoms with van der Waals surface area (Å²) in [5, 5.41) is 5.04. The molecule has 1 heterocycles. The van der Waals surface area contributed by atoms with Crippen molar-refractivity contribution in [2.45, 2.75) is 39.0 Å². The Morgan fingerprint density at radius 1 is 1.30 bits per heavy atom. The van der Waals surface area contributed by atoms with Crippen LogP contribution in [0.3, 0.4) is 0 Å². The molecule has 20 heavy (non-hydrogen) atoms. The Morgan fingerprint density at radius 3 is 2.60 bits per heavy atom. The molecular formula is C14H28N4O2. The van der Waals surface area contributed by atoms with Crippen molar-refractivity contribution < 1.29 is 9.59 Å². The summed E-state index contributed by atoms with van der Waals surface area (Å²) in [6.07, 6.45) is 5.20. The monoisotopic (exact) mass is 284 g/mol. The second-order valence-electron chi connectivity index (χ2n) is 5.45. The number of hydrogen-bond donors (Lipinski definition) is 3. The van der Waals surface area contributed by atoms with Crippen LogP contribution in [0.4, 0.5) is 4.79 Å². The third-order valence-corrected chi connectivity index (χ3v) is 3.72. The van der Waals surface area contributed by atoms with E-state index in [1.807, 2.05) is 0 Å². The van der Waals surface area contributed by atoms with Crippen LogP contribution in [0, 0.1) is 5.92 Å². The molecule has 0 aromatic rings. The number of urea groups is 1. The lowest BCUT2D eigenvalue weighted by atomic mass is 9.94. The van der Waals surface area contributed by atoms with Crippen LogP contribution >= 0.6 is 0 Å². The number of amides is 3. The summed E-state index contributed by atoms with van der Waals surface area (Å²) < 4.78 is 0. The van der Waals surface area contributed by atoms with Crippen molar-refractivity contribution >= 4 is 11.9 Å². The maximum absolute atomic E-state index is 11.7. The molecule has 0 aromatic carbocycles. The molecule has 3 amide bonds. The highest BCUT2D eigenvalue weighted by molar-refractivity contribution is 5.95. The summed E-state index contributed by atoms with van der Waals surface area (Å²) >= 11 is 0. The van der Waals surface area contributed by atoms with E-state index >= 15 is 0 Å². The summed E-state index contributed by atoms with van der Waals surface area (Å²) in [5.74, 6) is 0.466. The van der Waals surface area contributed by atoms with Gasteiger partial charge in [0.15, 0.2) is 0 Å². The third kappa shape index (κ3) is 6.86. The van der Waals surface area contributed by atoms with E-state index in [0.29, 0.717) is 19.0 Å². The standard InChI is InChI=1S/C14H28N4O2/c1-2-3-8-16-14(20)17-13(19)11-18-9-5-12(4-7-15)6-10-18/h12H,2-11,15H2,1H3,(H2,16,17,19,20). The molecule has 116 valence electrons. The van der Waals surface area contributed by atoms with E-state index in [-0.39, 0.29) is 11.9 Å². The molecule has 4 N–H and O–H groups in total. The van der Waals surface area contributed by atoms with Gasteiger partial charge in [-0.05, 0) is 51.2 Å². The average molecular weight is 284 g/mol. The zero-order valence-corrected chi connectivity index (χ0v) is 12.5. The molecule has 0 aromatic heterocycles. The summed E-state index contributed by atoms with van der Waals surface area (Å²) in [7, 11) is 0. The van der Waals surface area contributed by atoms with Gasteiger partial charge in [0, 0.05) is 6.54 Å². The first-order chi connectivity index (χ1) is 9.65. The van der Waals surface area contributed by atoms with Gasteiger partial charge in [0.2, 0.25) is 5.91 Å². The highest BCUT2D eigenvalue weighted by Gasteiger charge is 2.20. The largest absolute Gasteiger partial charge is 0.338 e. The fourth-order valence-electron chi connectivity index (χ4n) is 2.46. The molecule has 0 unspecified atom stereocenters. The normalized spacial score (nSPS) is 16.9. The average Bonchev–Trinajstić information content (AvgIpc) is 2.41. The van der Waals surface area contributed by atoms with E-state index in [4.69, 9.17) is 5.73 Å². The maximum atomic E-state index is 11.7. The fraction of sp³-hybridized carbons (Fsp3) is 0.857. The first-order valence-electron chi connectivity index (χ1n) is 7.65. The zero-order valence-electron chi connectivity index (χ0n) is 12.5. The van der Waals surface area contributed by atoms with Crippen molar-refractivity contribution in [2.75, 3.05) is 32.7 Å². The van der Waals surface area contributed by atoms with Crippen LogP contribution in [-0.4, -0.2) is 49.6 Å². The van der Waals surface area contributed by atoms with Gasteiger partial charge < -0.3 is 11.1 Å². The van der Waals surface area contributed by atoms with Crippen LogP contribution in [-0.2, 0) is 4.79 Å². The Hall–Kier alpha value is -1.14. The van der Waals surface area contributed by atoms with Crippen LogP contribution < -0.4 is 16.4 Å². The second kappa shape index (κ2) is 9.72. The predicted molar refractivity (Wildman–Crippen MR) is 79.3 cm³/mol. The zero-order chi connectivity index (χ0) is 14.8. The maximum Gasteiger partial charge on any atom is 0.321 e. The molecule has 0 spiro atoms. The predicted octanol–water partition coefficient (Wildman–Crippen LogP) is 0.673. The Balaban J connectivity index is 2.15. The number of nitrogens with two attached hydrogens (primary N) is 1. The van der Waals surface area contributed by atoms with E-state index in [1.54, 1.807) is 0 Å². The molecule has 6 nitrogen and oxygen atoms in total. The fourth-order valence-corrected chi connectivity index (χ4v) is 2.46. The number of unbranched alkanes of at least 4 members (excludes halogenated alkanes) is 1. The highest BCUT2D eigenvalue weighted by atomic mass is 16.2. The van der Waals surface area contributed by atoms with Gasteiger partial charge in [0.1, 0.15) is 0 Å². The molecular weight excluding hydrogens is 256 g/mol. The molecule has 1 fully saturated rings. The van der Waals surface area contributed by atoms with Gasteiger partial charge in [0.25, 0.3) is 0 Å². The van der Waals surface area contributed by atoms with Gasteiger partial charge in [0.05, 0.1) is 6.54 Å². The lowest BCUT2D eigenvalue weighted by Gasteiger charge is -2.31. The minimum absolute atomic E-state index is 0.226. The number of rotatable bonds is 7. The molecule has 1 rings (SSSR count). The number of nitrogens with one attached hydrogen (secondary N) is 2. The molecule has 6 heteroatoms. The van der Waals surface area contributed by atoms with Crippen molar-refractivity contribution in [2.24, 2.45) is 11.7 Å². The van der Waals surface area contributed by atoms with Gasteiger partial charge in [-0.15, -0.1) is 0 Å². The first-order valence-corrected chi connectivity index (χ1v) is 7.65. The molecule has 0 aliphatic carbocycles. The number of likely N-dealkylation sites (tertiary alicyclic amines) is 1. The Labute approximate surface area is 121 Å². The van der Waals surface area contributed by atoms with E-state index in [2.05, 4.69) is 22.5 Å². The number of nitrogens with zero attached hydrogens (tertiary/aromatic N) is 1. The van der Waals surface area contributed by atoms with Gasteiger partial charge in [-0.1, -0.05) is 13.3 Å². The van der Waals surface area contributed by atoms with Gasteiger partial charge in [-0.2, -0.15) is 0 Å². The topological polar surface area (TPSA) is 87.5 Å². The second-order valence-corrected chi connectivity index (χ2v) is 5.45. The smallest absolute Gasteiger partial charge is 0.321 e. The van der Waals surface area contributed by atoms with Crippen LogP contribution in [0.1, 0.15) is 39.0 Å². The number of carbonyl (C=O) groups is 2. The van der Waals surface area contributed by atoms with Gasteiger partial charge in [-0.3, -0.25) is 15.0 Å². The quantitative estimate of drug-likeness (QED) is 0.600. The summed E-state index contributed by atoms with van der Waals surface area (Å²) in [6, 6.07) is -0.388. The van der Waals surface area contributed by atoms with Crippen LogP contribution in [0.25, 0.3) is 0 Å². The molecule has 1 aliphatic rings. The van der Waals surface area contributed by atoms with Crippen molar-refractivity contribution in [3.63, 3.8) is 0 Å². The number of carbonyl (C=O) groups excluding carboxylic acids is 2. The lowest BCUT2D eigenvalue weighted by molar-refractivity contribution is -0.121. The number of hydrogen-bond acceptors (Lipinski definition) is 4. The van der Waals surface area contributed by atoms with Crippen molar-refractivity contribution in [3.05, 3.63) is 0 Å². The molecule has 0 radical (unpaired) electrons. The molecule has 0 bridgehead atoms. The van der Waals surface area contributed by atoms with E-state index in [1.165, 1.54) is 0 Å². The summed E-state index contributed by atoms with van der Waals surface area (Å²) in [5.41, 5.74) is 5.56. The minimum atomic E-state index is -0.388. The molecule has 1 aliphatic heterocycles. The van der Waals surface area contributed by atoms with Crippen molar-refractivity contribution in [1.82, 2.24) is 15.5 Å². The Kier molecular flexibility index (Phi) is 8.22. The summed E-state index contributed by atoms with van der Waals surface area (Å²) in [6.45, 7) is 5.53. The Morgan fingerprint density at radius 2 is 2.00 bits per heavy atom. The number of imide groups is 1. The third-order valence-electron chi connectivity index (χ3n) is 3.72. The number of piperidine rings is 1. The van der Waals surface area contributed by atoms with E-state index in [9.17, 15) is 9.59 Å². The first kappa shape index (κ1) is 16.9. The molecule has 0 saturated carbocycles. The Bertz CT molecular complexity index is 302. The van der Waals surface area contributed by atoms with Crippen molar-refractivity contribution in [1.29, 1.82) is 0 Å². The van der Waals surface area contributed by atoms with Crippen LogP contribution in [0.5, 0.6) is 0 Å². The molecule has 0 atom stereocenters.